The van der Waals surface area contributed by atoms with Crippen molar-refractivity contribution >= 4 is 70.2 Å². The van der Waals surface area contributed by atoms with Crippen molar-refractivity contribution in [3.63, 3.8) is 0 Å². The molecular formula is C76H60Br4N8O8Zn. The molecule has 482 valence electrons. The fourth-order valence-corrected chi connectivity index (χ4v) is 11.0. The molecule has 16 nitrogen and oxygen atoms in total. The Morgan fingerprint density at radius 2 is 0.485 bits per heavy atom. The summed E-state index contributed by atoms with van der Waals surface area (Å²) < 4.78 is 30.7. The van der Waals surface area contributed by atoms with Gasteiger partial charge in [0.05, 0.1) is 45.0 Å². The third-order valence-corrected chi connectivity index (χ3v) is 15.7. The maximum Gasteiger partial charge on any atom is 2.00 e. The molecule has 0 unspecified atom stereocenters. The summed E-state index contributed by atoms with van der Waals surface area (Å²) in [6.45, 7) is 2.74. The minimum Gasteiger partial charge on any atom is -1.00 e. The van der Waals surface area contributed by atoms with E-state index < -0.39 is 23.9 Å². The summed E-state index contributed by atoms with van der Waals surface area (Å²) in [6, 6.07) is 59.8. The first-order chi connectivity index (χ1) is 45.2. The molecule has 0 atom stereocenters. The van der Waals surface area contributed by atoms with E-state index in [0.717, 1.165) is 22.3 Å². The van der Waals surface area contributed by atoms with Crippen LogP contribution in [0.5, 0.6) is 0 Å². The van der Waals surface area contributed by atoms with E-state index in [2.05, 4.69) is 0 Å². The van der Waals surface area contributed by atoms with Gasteiger partial charge in [0.15, 0.2) is 102 Å². The molecule has 21 heteroatoms. The topological polar surface area (TPSA) is 175 Å². The predicted octanol–water partition coefficient (Wildman–Crippen LogP) is -0.827. The summed E-state index contributed by atoms with van der Waals surface area (Å²) in [7, 11) is 0. The molecule has 13 rings (SSSR count). The number of rotatable bonds is 20. The molecule has 7 aromatic heterocycles. The molecule has 4 aromatic carbocycles. The molecule has 2 aliphatic heterocycles. The number of aromatic nitrogens is 8. The average molecular weight is 1600 g/mol. The number of pyridine rings is 4. The van der Waals surface area contributed by atoms with Gasteiger partial charge in [-0.15, -0.1) is 22.1 Å². The first-order valence-electron chi connectivity index (χ1n) is 30.2. The average Bonchev–Trinajstić information content (AvgIpc) is 1.64. The molecule has 0 radical (unpaired) electrons. The third kappa shape index (κ3) is 17.8. The zero-order valence-electron chi connectivity index (χ0n) is 52.1. The van der Waals surface area contributed by atoms with Crippen molar-refractivity contribution in [2.24, 2.45) is 0 Å². The van der Waals surface area contributed by atoms with Crippen LogP contribution in [0, 0.1) is 0 Å². The third-order valence-electron chi connectivity index (χ3n) is 15.7. The normalized spacial score (nSPS) is 10.9. The molecule has 0 saturated carbocycles. The number of esters is 4. The first-order valence-corrected chi connectivity index (χ1v) is 30.2. The number of benzene rings is 4. The van der Waals surface area contributed by atoms with Crippen molar-refractivity contribution in [3.8, 4) is 44.5 Å². The van der Waals surface area contributed by atoms with Crippen molar-refractivity contribution in [1.29, 1.82) is 0 Å². The molecule has 2 aliphatic rings. The van der Waals surface area contributed by atoms with E-state index >= 15 is 0 Å². The van der Waals surface area contributed by atoms with Crippen LogP contribution < -0.4 is 96.2 Å². The largest absolute Gasteiger partial charge is 2.00 e. The molecule has 0 saturated heterocycles. The van der Waals surface area contributed by atoms with Gasteiger partial charge in [0.25, 0.3) is 0 Å². The second kappa shape index (κ2) is 35.0. The Balaban J connectivity index is 0.00000240. The van der Waals surface area contributed by atoms with Crippen LogP contribution in [0.15, 0.2) is 244 Å². The Morgan fingerprint density at radius 1 is 0.289 bits per heavy atom. The second-order valence-corrected chi connectivity index (χ2v) is 21.7. The maximum absolute atomic E-state index is 13.5. The number of carbonyl (C=O) groups is 4. The van der Waals surface area contributed by atoms with Crippen LogP contribution in [0.4, 0.5) is 0 Å². The van der Waals surface area contributed by atoms with Crippen LogP contribution in [0.25, 0.3) is 90.9 Å². The Labute approximate surface area is 614 Å². The summed E-state index contributed by atoms with van der Waals surface area (Å²) in [5.74, 6) is -1.82. The summed E-state index contributed by atoms with van der Waals surface area (Å²) in [4.78, 5) is 75.7. The van der Waals surface area contributed by atoms with E-state index in [1.165, 1.54) is 0 Å². The smallest absolute Gasteiger partial charge is 1.00 e. The zero-order chi connectivity index (χ0) is 62.6. The van der Waals surface area contributed by atoms with Crippen molar-refractivity contribution in [2.75, 3.05) is 26.4 Å². The number of ether oxygens (including phenoxy) is 4. The van der Waals surface area contributed by atoms with Crippen LogP contribution in [0.3, 0.4) is 0 Å². The van der Waals surface area contributed by atoms with Crippen molar-refractivity contribution < 1.29 is 144 Å². The Morgan fingerprint density at radius 3 is 0.680 bits per heavy atom. The summed E-state index contributed by atoms with van der Waals surface area (Å²) in [5.41, 5.74) is 11.8. The fraction of sp³-hybridized carbons (Fsp3) is 0.105. The van der Waals surface area contributed by atoms with Gasteiger partial charge >= 0.3 is 43.4 Å². The standard InChI is InChI=1S/C76H60N8O8.4BrH.Zn/c85-73(89-49-45-81-37-5-1-6-38-81)57-21-13-53(14-22-57)69-61-29-31-63(77-61)70(54-15-23-58(24-16-54)74(86)90-50-46-82-39-7-2-8-40-82)65-33-35-67(79-65)72(56-19-27-60(28-20-56)76(88)92-52-48-84-43-11-4-12-44-84)68-36-34-66(80-68)71(64-32-30-62(69)78-64)55-17-25-59(26-18-55)75(87)91-51-47-83-41-9-3-10-42-83;;;;;/h1-44H,45-52H2;4*1H;/q+2;;;;;+2/p-4. The van der Waals surface area contributed by atoms with Crippen molar-refractivity contribution in [2.45, 2.75) is 26.2 Å². The molecule has 0 N–H and O–H groups in total. The zero-order valence-corrected chi connectivity index (χ0v) is 61.4. The molecule has 9 heterocycles. The SMILES string of the molecule is O=C(OCC[n+]1ccccc1)c1ccc(-c2c3nc(c(-c4ccc(C(=O)OCC[n+]5ccccc5)cc4)c4ccc([n-]4)c(-c4ccc(C(=O)OCC[n+]5ccccc5)cc4)c4nc(c(-c5ccc(C(=O)OCC[n+]6ccccc6)cc5)c5ccc2[n-]5)C=C4)C=C3)cc1.[Br-].[Br-].[Br-].[Br-].[Zn+2]. The quantitative estimate of drug-likeness (QED) is 0.0402. The number of hydrogen-bond acceptors (Lipinski definition) is 10. The number of halogens is 4. The van der Waals surface area contributed by atoms with Gasteiger partial charge in [-0.3, -0.25) is 0 Å². The van der Waals surface area contributed by atoms with Crippen LogP contribution in [0.2, 0.25) is 0 Å². The van der Waals surface area contributed by atoms with Gasteiger partial charge in [-0.25, -0.2) is 47.4 Å². The molecule has 97 heavy (non-hydrogen) atoms. The van der Waals surface area contributed by atoms with Crippen molar-refractivity contribution in [3.05, 3.63) is 289 Å². The van der Waals surface area contributed by atoms with Crippen LogP contribution in [-0.2, 0) is 64.6 Å². The van der Waals surface area contributed by atoms with E-state index in [9.17, 15) is 19.2 Å². The summed E-state index contributed by atoms with van der Waals surface area (Å²) >= 11 is 0. The first kappa shape index (κ1) is 73.3. The Bertz CT molecular complexity index is 4170. The molecule has 0 aliphatic carbocycles. The minimum absolute atomic E-state index is 0. The van der Waals surface area contributed by atoms with Gasteiger partial charge < -0.3 is 96.8 Å². The molecule has 11 aromatic rings. The maximum atomic E-state index is 13.5. The number of carbonyl (C=O) groups excluding carboxylic acids is 4. The van der Waals surface area contributed by atoms with Gasteiger partial charge in [-0.1, -0.05) is 97.1 Å². The number of nitrogens with zero attached hydrogens (tertiary/aromatic N) is 8. The summed E-state index contributed by atoms with van der Waals surface area (Å²) in [5, 5.41) is 0. The van der Waals surface area contributed by atoms with Gasteiger partial charge in [0.1, 0.15) is 0 Å². The second-order valence-electron chi connectivity index (χ2n) is 21.7. The Hall–Kier alpha value is -9.50. The number of fused-ring (bicyclic) bond motifs is 8. The van der Waals surface area contributed by atoms with Gasteiger partial charge in [0.2, 0.25) is 0 Å². The van der Waals surface area contributed by atoms with Crippen LogP contribution in [0.1, 0.15) is 64.2 Å². The van der Waals surface area contributed by atoms with E-state index in [1.807, 2.05) is 238 Å². The number of hydrogen-bond donors (Lipinski definition) is 0. The van der Waals surface area contributed by atoms with Crippen molar-refractivity contribution in [1.82, 2.24) is 19.9 Å². The molecular weight excluding hydrogens is 1540 g/mol. The molecule has 0 fully saturated rings. The van der Waals surface area contributed by atoms with Gasteiger partial charge in [0, 0.05) is 48.5 Å². The van der Waals surface area contributed by atoms with Crippen LogP contribution in [-0.4, -0.2) is 60.3 Å². The molecule has 0 spiro atoms. The summed E-state index contributed by atoms with van der Waals surface area (Å²) in [6.07, 6.45) is 23.1. The molecule has 0 amide bonds. The monoisotopic (exact) mass is 1590 g/mol. The van der Waals surface area contributed by atoms with Gasteiger partial charge in [-0.05, 0) is 117 Å². The molecule has 8 bridgehead atoms. The fourth-order valence-electron chi connectivity index (χ4n) is 11.0. The predicted molar refractivity (Wildman–Crippen MR) is 346 cm³/mol. The Kier molecular flexibility index (Phi) is 26.4. The van der Waals surface area contributed by atoms with E-state index in [4.69, 9.17) is 38.9 Å². The van der Waals surface area contributed by atoms with Gasteiger partial charge in [-0.2, -0.15) is 0 Å². The van der Waals surface area contributed by atoms with E-state index in [1.54, 1.807) is 48.5 Å². The van der Waals surface area contributed by atoms with E-state index in [0.29, 0.717) is 116 Å². The van der Waals surface area contributed by atoms with Crippen LogP contribution >= 0.6 is 0 Å². The minimum atomic E-state index is -0.456. The van der Waals surface area contributed by atoms with E-state index in [-0.39, 0.29) is 114 Å².